The Labute approximate surface area is 178 Å². The number of nitrogens with zero attached hydrogens (tertiary/aromatic N) is 4. The normalized spacial score (nSPS) is 12.0. The minimum atomic E-state index is -0.169. The molecule has 2 N–H and O–H groups in total. The molecule has 4 aromatic rings. The van der Waals surface area contributed by atoms with E-state index in [0.29, 0.717) is 27.9 Å². The summed E-state index contributed by atoms with van der Waals surface area (Å²) in [4.78, 5) is 20.1. The predicted molar refractivity (Wildman–Crippen MR) is 116 cm³/mol. The molecule has 154 valence electrons. The number of aromatic nitrogens is 5. The average molecular weight is 425 g/mol. The summed E-state index contributed by atoms with van der Waals surface area (Å²) >= 11 is 6.61. The van der Waals surface area contributed by atoms with Crippen molar-refractivity contribution in [3.8, 4) is 22.8 Å². The number of hydrogen-bond acceptors (Lipinski definition) is 7. The van der Waals surface area contributed by atoms with Gasteiger partial charge in [-0.2, -0.15) is 0 Å². The number of hydrogen-bond donors (Lipinski definition) is 2. The van der Waals surface area contributed by atoms with Gasteiger partial charge in [0, 0.05) is 34.0 Å². The molecule has 0 spiro atoms. The molecule has 9 heteroatoms. The highest BCUT2D eigenvalue weighted by Crippen LogP contribution is 2.42. The van der Waals surface area contributed by atoms with Crippen molar-refractivity contribution in [2.24, 2.45) is 0 Å². The molecule has 0 bridgehead atoms. The number of methoxy groups -OCH3 is 2. The fraction of sp³-hybridized carbons (Fsp3) is 0.238. The monoisotopic (exact) mass is 424 g/mol. The number of H-pyrrole nitrogens is 1. The summed E-state index contributed by atoms with van der Waals surface area (Å²) in [6.07, 6.45) is 4.83. The van der Waals surface area contributed by atoms with Crippen LogP contribution in [-0.4, -0.2) is 39.1 Å². The first-order valence-corrected chi connectivity index (χ1v) is 9.69. The van der Waals surface area contributed by atoms with Gasteiger partial charge in [-0.15, -0.1) is 0 Å². The zero-order valence-corrected chi connectivity index (χ0v) is 17.8. The van der Waals surface area contributed by atoms with Crippen LogP contribution in [0.2, 0.25) is 5.02 Å². The lowest BCUT2D eigenvalue weighted by molar-refractivity contribution is 0.398. The van der Waals surface area contributed by atoms with E-state index in [2.05, 4.69) is 30.2 Å². The summed E-state index contributed by atoms with van der Waals surface area (Å²) in [6, 6.07) is 5.49. The first kappa shape index (κ1) is 19.9. The number of anilines is 1. The Balaban J connectivity index is 1.79. The molecule has 0 aliphatic carbocycles. The Bertz CT molecular complexity index is 1190. The number of rotatable bonds is 6. The highest BCUT2D eigenvalue weighted by molar-refractivity contribution is 6.32. The van der Waals surface area contributed by atoms with E-state index in [1.165, 1.54) is 6.33 Å². The molecular weight excluding hydrogens is 404 g/mol. The van der Waals surface area contributed by atoms with E-state index in [1.807, 2.05) is 32.0 Å². The van der Waals surface area contributed by atoms with Crippen LogP contribution >= 0.6 is 11.6 Å². The number of imidazole rings is 1. The number of ether oxygens (including phenoxy) is 2. The molecule has 0 amide bonds. The topological polar surface area (TPSA) is 97.8 Å². The number of fused-ring (bicyclic) bond motifs is 1. The summed E-state index contributed by atoms with van der Waals surface area (Å²) in [7, 11) is 3.23. The zero-order valence-electron chi connectivity index (χ0n) is 17.0. The minimum absolute atomic E-state index is 0.169. The summed E-state index contributed by atoms with van der Waals surface area (Å²) < 4.78 is 11.0. The smallest absolute Gasteiger partial charge is 0.212 e. The van der Waals surface area contributed by atoms with Crippen molar-refractivity contribution in [2.75, 3.05) is 19.5 Å². The molecule has 3 heterocycles. The van der Waals surface area contributed by atoms with E-state index >= 15 is 0 Å². The third-order valence-electron chi connectivity index (χ3n) is 4.98. The number of benzene rings is 1. The molecule has 1 aromatic carbocycles. The van der Waals surface area contributed by atoms with Crippen LogP contribution in [0, 0.1) is 6.92 Å². The molecule has 3 aromatic heterocycles. The standard InChI is InChI=1S/C21H21ClN6O2/c1-11-15(22)7-14(12(2)28-21-18-20(25-9-24-18)26-10-27-21)19(30-4)17(11)13-5-6-16(29-3)23-8-13/h5-10,12H,1-4H3,(H2,24,25,26,27,28). The summed E-state index contributed by atoms with van der Waals surface area (Å²) in [5.74, 6) is 1.88. The molecule has 0 fully saturated rings. The van der Waals surface area contributed by atoms with Crippen LogP contribution in [-0.2, 0) is 0 Å². The second-order valence-electron chi connectivity index (χ2n) is 6.76. The van der Waals surface area contributed by atoms with Crippen LogP contribution in [0.3, 0.4) is 0 Å². The van der Waals surface area contributed by atoms with Gasteiger partial charge in [0.2, 0.25) is 5.88 Å². The van der Waals surface area contributed by atoms with Crippen molar-refractivity contribution < 1.29 is 9.47 Å². The van der Waals surface area contributed by atoms with Crippen LogP contribution in [0.15, 0.2) is 37.1 Å². The van der Waals surface area contributed by atoms with Crippen LogP contribution in [0.4, 0.5) is 5.82 Å². The van der Waals surface area contributed by atoms with Crippen LogP contribution < -0.4 is 14.8 Å². The van der Waals surface area contributed by atoms with Crippen molar-refractivity contribution in [3.63, 3.8) is 0 Å². The molecule has 8 nitrogen and oxygen atoms in total. The van der Waals surface area contributed by atoms with E-state index in [1.54, 1.807) is 26.7 Å². The van der Waals surface area contributed by atoms with Gasteiger partial charge in [-0.25, -0.2) is 19.9 Å². The first-order chi connectivity index (χ1) is 14.5. The summed E-state index contributed by atoms with van der Waals surface area (Å²) in [6.45, 7) is 3.98. The van der Waals surface area contributed by atoms with E-state index < -0.39 is 0 Å². The van der Waals surface area contributed by atoms with Gasteiger partial charge in [-0.1, -0.05) is 11.6 Å². The fourth-order valence-electron chi connectivity index (χ4n) is 3.44. The number of halogens is 1. The van der Waals surface area contributed by atoms with Crippen molar-refractivity contribution in [3.05, 3.63) is 53.2 Å². The first-order valence-electron chi connectivity index (χ1n) is 9.31. The van der Waals surface area contributed by atoms with Crippen molar-refractivity contribution in [2.45, 2.75) is 19.9 Å². The largest absolute Gasteiger partial charge is 0.496 e. The SMILES string of the molecule is COc1ccc(-c2c(C)c(Cl)cc(C(C)Nc3ncnc4[nH]cnc34)c2OC)cn1. The second kappa shape index (κ2) is 8.16. The molecular formula is C21H21ClN6O2. The van der Waals surface area contributed by atoms with Crippen LogP contribution in [0.1, 0.15) is 24.1 Å². The predicted octanol–water partition coefficient (Wildman–Crippen LogP) is 4.57. The second-order valence-corrected chi connectivity index (χ2v) is 7.17. The maximum Gasteiger partial charge on any atom is 0.212 e. The molecule has 0 saturated carbocycles. The number of nitrogens with one attached hydrogen (secondary N) is 2. The Morgan fingerprint density at radius 3 is 2.63 bits per heavy atom. The Morgan fingerprint density at radius 1 is 1.10 bits per heavy atom. The zero-order chi connectivity index (χ0) is 21.3. The molecule has 4 rings (SSSR count). The average Bonchev–Trinajstić information content (AvgIpc) is 3.25. The highest BCUT2D eigenvalue weighted by Gasteiger charge is 2.22. The molecule has 0 radical (unpaired) electrons. The number of pyridine rings is 1. The van der Waals surface area contributed by atoms with Crippen molar-refractivity contribution in [1.82, 2.24) is 24.9 Å². The van der Waals surface area contributed by atoms with Gasteiger partial charge in [0.15, 0.2) is 11.5 Å². The van der Waals surface area contributed by atoms with Gasteiger partial charge in [0.25, 0.3) is 0 Å². The Hall–Kier alpha value is -3.39. The van der Waals surface area contributed by atoms with Gasteiger partial charge in [0.1, 0.15) is 17.6 Å². The summed E-state index contributed by atoms with van der Waals surface area (Å²) in [5, 5.41) is 4.03. The quantitative estimate of drug-likeness (QED) is 0.468. The van der Waals surface area contributed by atoms with Gasteiger partial charge < -0.3 is 19.8 Å². The molecule has 0 aliphatic heterocycles. The lowest BCUT2D eigenvalue weighted by Gasteiger charge is -2.22. The Kier molecular flexibility index (Phi) is 5.41. The van der Waals surface area contributed by atoms with Gasteiger partial charge in [0.05, 0.1) is 26.6 Å². The molecule has 1 unspecified atom stereocenters. The van der Waals surface area contributed by atoms with Crippen molar-refractivity contribution >= 4 is 28.6 Å². The third-order valence-corrected chi connectivity index (χ3v) is 5.37. The molecule has 0 aliphatic rings. The number of aromatic amines is 1. The van der Waals surface area contributed by atoms with E-state index in [-0.39, 0.29) is 6.04 Å². The van der Waals surface area contributed by atoms with Gasteiger partial charge in [-0.05, 0) is 31.5 Å². The fourth-order valence-corrected chi connectivity index (χ4v) is 3.65. The van der Waals surface area contributed by atoms with Crippen LogP contribution in [0.25, 0.3) is 22.3 Å². The molecule has 0 saturated heterocycles. The summed E-state index contributed by atoms with van der Waals surface area (Å²) in [5.41, 5.74) is 4.91. The highest BCUT2D eigenvalue weighted by atomic mass is 35.5. The Morgan fingerprint density at radius 2 is 1.93 bits per heavy atom. The van der Waals surface area contributed by atoms with Crippen LogP contribution in [0.5, 0.6) is 11.6 Å². The maximum absolute atomic E-state index is 6.61. The van der Waals surface area contributed by atoms with E-state index in [0.717, 1.165) is 28.0 Å². The third kappa shape index (κ3) is 3.50. The lowest BCUT2D eigenvalue weighted by atomic mass is 9.94. The molecule has 30 heavy (non-hydrogen) atoms. The van der Waals surface area contributed by atoms with Gasteiger partial charge >= 0.3 is 0 Å². The van der Waals surface area contributed by atoms with E-state index in [4.69, 9.17) is 21.1 Å². The van der Waals surface area contributed by atoms with Gasteiger partial charge in [-0.3, -0.25) is 0 Å². The molecule has 1 atom stereocenters. The van der Waals surface area contributed by atoms with E-state index in [9.17, 15) is 0 Å². The maximum atomic E-state index is 6.61. The minimum Gasteiger partial charge on any atom is -0.496 e. The van der Waals surface area contributed by atoms with Crippen molar-refractivity contribution in [1.29, 1.82) is 0 Å². The lowest BCUT2D eigenvalue weighted by Crippen LogP contribution is -2.11.